The van der Waals surface area contributed by atoms with Gasteiger partial charge in [0.1, 0.15) is 0 Å². The van der Waals surface area contributed by atoms with Crippen molar-refractivity contribution in [1.82, 2.24) is 4.90 Å². The van der Waals surface area contributed by atoms with E-state index >= 15 is 0 Å². The van der Waals surface area contributed by atoms with Crippen LogP contribution in [-0.4, -0.2) is 30.5 Å². The zero-order valence-corrected chi connectivity index (χ0v) is 10.5. The van der Waals surface area contributed by atoms with Gasteiger partial charge in [0.05, 0.1) is 6.54 Å². The van der Waals surface area contributed by atoms with Gasteiger partial charge in [-0.25, -0.2) is 0 Å². The zero-order chi connectivity index (χ0) is 11.6. The van der Waals surface area contributed by atoms with Gasteiger partial charge in [0.15, 0.2) is 5.96 Å². The SMILES string of the molecule is CC(C)(CN=C(N)N1CCC1)C1=CCCC1. The summed E-state index contributed by atoms with van der Waals surface area (Å²) < 4.78 is 0. The average molecular weight is 221 g/mol. The van der Waals surface area contributed by atoms with Gasteiger partial charge in [-0.05, 0) is 25.7 Å². The number of likely N-dealkylation sites (tertiary alicyclic amines) is 1. The fraction of sp³-hybridized carbons (Fsp3) is 0.769. The van der Waals surface area contributed by atoms with E-state index < -0.39 is 0 Å². The molecule has 0 amide bonds. The highest BCUT2D eigenvalue weighted by Gasteiger charge is 2.25. The number of nitrogens with two attached hydrogens (primary N) is 1. The lowest BCUT2D eigenvalue weighted by Gasteiger charge is -2.33. The molecule has 0 aromatic heterocycles. The molecule has 1 aliphatic heterocycles. The second-order valence-corrected chi connectivity index (χ2v) is 5.52. The van der Waals surface area contributed by atoms with E-state index in [1.54, 1.807) is 5.57 Å². The van der Waals surface area contributed by atoms with Gasteiger partial charge < -0.3 is 10.6 Å². The summed E-state index contributed by atoms with van der Waals surface area (Å²) in [6, 6.07) is 0. The molecule has 3 nitrogen and oxygen atoms in total. The van der Waals surface area contributed by atoms with E-state index in [1.165, 1.54) is 25.7 Å². The van der Waals surface area contributed by atoms with Crippen LogP contribution in [0.2, 0.25) is 0 Å². The van der Waals surface area contributed by atoms with Gasteiger partial charge in [0.25, 0.3) is 0 Å². The molecule has 1 heterocycles. The van der Waals surface area contributed by atoms with Crippen LogP contribution in [0.1, 0.15) is 39.5 Å². The topological polar surface area (TPSA) is 41.6 Å². The van der Waals surface area contributed by atoms with E-state index in [0.717, 1.165) is 25.6 Å². The molecule has 0 aromatic carbocycles. The molecule has 0 radical (unpaired) electrons. The predicted molar refractivity (Wildman–Crippen MR) is 68.4 cm³/mol. The molecule has 0 atom stereocenters. The zero-order valence-electron chi connectivity index (χ0n) is 10.5. The van der Waals surface area contributed by atoms with Crippen LogP contribution in [0, 0.1) is 5.41 Å². The molecule has 2 rings (SSSR count). The minimum atomic E-state index is 0.186. The lowest BCUT2D eigenvalue weighted by Crippen LogP contribution is -2.46. The number of hydrogen-bond acceptors (Lipinski definition) is 1. The van der Waals surface area contributed by atoms with Gasteiger partial charge in [-0.1, -0.05) is 25.5 Å². The van der Waals surface area contributed by atoms with Crippen molar-refractivity contribution in [1.29, 1.82) is 0 Å². The third-order valence-electron chi connectivity index (χ3n) is 3.73. The third kappa shape index (κ3) is 2.39. The molecule has 0 saturated carbocycles. The Hall–Kier alpha value is -0.990. The van der Waals surface area contributed by atoms with Crippen molar-refractivity contribution >= 4 is 5.96 Å². The van der Waals surface area contributed by atoms with Gasteiger partial charge >= 0.3 is 0 Å². The molecule has 16 heavy (non-hydrogen) atoms. The molecule has 1 aliphatic carbocycles. The number of aliphatic imine (C=N–C) groups is 1. The number of guanidine groups is 1. The highest BCUT2D eigenvalue weighted by Crippen LogP contribution is 2.34. The van der Waals surface area contributed by atoms with Crippen molar-refractivity contribution < 1.29 is 0 Å². The van der Waals surface area contributed by atoms with Crippen LogP contribution in [0.4, 0.5) is 0 Å². The lowest BCUT2D eigenvalue weighted by atomic mass is 9.84. The van der Waals surface area contributed by atoms with Gasteiger partial charge in [-0.2, -0.15) is 0 Å². The Balaban J connectivity index is 1.92. The molecule has 0 bridgehead atoms. The summed E-state index contributed by atoms with van der Waals surface area (Å²) in [5.74, 6) is 0.734. The van der Waals surface area contributed by atoms with Crippen molar-refractivity contribution in [3.8, 4) is 0 Å². The summed E-state index contributed by atoms with van der Waals surface area (Å²) in [5.41, 5.74) is 7.69. The van der Waals surface area contributed by atoms with Crippen molar-refractivity contribution in [2.75, 3.05) is 19.6 Å². The lowest BCUT2D eigenvalue weighted by molar-refractivity contribution is 0.294. The predicted octanol–water partition coefficient (Wildman–Crippen LogP) is 2.14. The van der Waals surface area contributed by atoms with Gasteiger partial charge in [0.2, 0.25) is 0 Å². The Morgan fingerprint density at radius 2 is 2.19 bits per heavy atom. The molecular formula is C13H23N3. The molecule has 0 aromatic rings. The minimum Gasteiger partial charge on any atom is -0.370 e. The first-order valence-corrected chi connectivity index (χ1v) is 6.34. The average Bonchev–Trinajstić information content (AvgIpc) is 2.65. The highest BCUT2D eigenvalue weighted by atomic mass is 15.3. The monoisotopic (exact) mass is 221 g/mol. The molecule has 0 unspecified atom stereocenters. The van der Waals surface area contributed by atoms with E-state index in [-0.39, 0.29) is 5.41 Å². The Morgan fingerprint density at radius 1 is 1.44 bits per heavy atom. The molecule has 1 fully saturated rings. The minimum absolute atomic E-state index is 0.186. The van der Waals surface area contributed by atoms with Crippen molar-refractivity contribution in [3.63, 3.8) is 0 Å². The molecule has 90 valence electrons. The van der Waals surface area contributed by atoms with E-state index in [4.69, 9.17) is 5.73 Å². The number of nitrogens with zero attached hydrogens (tertiary/aromatic N) is 2. The molecule has 0 spiro atoms. The standard InChI is InChI=1S/C13H23N3/c1-13(2,11-6-3-4-7-11)10-15-12(14)16-8-5-9-16/h6H,3-5,7-10H2,1-2H3,(H2,14,15). The fourth-order valence-electron chi connectivity index (χ4n) is 2.31. The van der Waals surface area contributed by atoms with Crippen molar-refractivity contribution in [2.24, 2.45) is 16.1 Å². The molecular weight excluding hydrogens is 198 g/mol. The first-order valence-electron chi connectivity index (χ1n) is 6.34. The van der Waals surface area contributed by atoms with E-state index in [2.05, 4.69) is 29.8 Å². The van der Waals surface area contributed by atoms with Crippen LogP contribution in [0.5, 0.6) is 0 Å². The van der Waals surface area contributed by atoms with Gasteiger partial charge in [0, 0.05) is 18.5 Å². The summed E-state index contributed by atoms with van der Waals surface area (Å²) in [6.45, 7) is 7.53. The summed E-state index contributed by atoms with van der Waals surface area (Å²) in [4.78, 5) is 6.69. The molecule has 2 aliphatic rings. The highest BCUT2D eigenvalue weighted by molar-refractivity contribution is 5.78. The molecule has 1 saturated heterocycles. The molecule has 3 heteroatoms. The van der Waals surface area contributed by atoms with E-state index in [1.807, 2.05) is 0 Å². The van der Waals surface area contributed by atoms with E-state index in [9.17, 15) is 0 Å². The maximum atomic E-state index is 5.94. The van der Waals surface area contributed by atoms with Crippen LogP contribution in [0.25, 0.3) is 0 Å². The smallest absolute Gasteiger partial charge is 0.191 e. The summed E-state index contributed by atoms with van der Waals surface area (Å²) in [5, 5.41) is 0. The number of rotatable bonds is 3. The first-order chi connectivity index (χ1) is 7.59. The van der Waals surface area contributed by atoms with Gasteiger partial charge in [-0.3, -0.25) is 4.99 Å². The summed E-state index contributed by atoms with van der Waals surface area (Å²) >= 11 is 0. The Labute approximate surface area is 98.4 Å². The summed E-state index contributed by atoms with van der Waals surface area (Å²) in [6.07, 6.45) is 7.43. The van der Waals surface area contributed by atoms with E-state index in [0.29, 0.717) is 0 Å². The second-order valence-electron chi connectivity index (χ2n) is 5.52. The van der Waals surface area contributed by atoms with Crippen LogP contribution in [0.3, 0.4) is 0 Å². The Bertz CT molecular complexity index is 311. The van der Waals surface area contributed by atoms with Crippen LogP contribution < -0.4 is 5.73 Å². The van der Waals surface area contributed by atoms with Crippen molar-refractivity contribution in [3.05, 3.63) is 11.6 Å². The van der Waals surface area contributed by atoms with Crippen LogP contribution in [-0.2, 0) is 0 Å². The molecule has 2 N–H and O–H groups in total. The largest absolute Gasteiger partial charge is 0.370 e. The number of hydrogen-bond donors (Lipinski definition) is 1. The number of allylic oxidation sites excluding steroid dienone is 1. The van der Waals surface area contributed by atoms with Crippen molar-refractivity contribution in [2.45, 2.75) is 39.5 Å². The quantitative estimate of drug-likeness (QED) is 0.451. The maximum Gasteiger partial charge on any atom is 0.191 e. The maximum absolute atomic E-state index is 5.94. The third-order valence-corrected chi connectivity index (χ3v) is 3.73. The second kappa shape index (κ2) is 4.48. The summed E-state index contributed by atoms with van der Waals surface area (Å²) in [7, 11) is 0. The normalized spacial score (nSPS) is 22.0. The van der Waals surface area contributed by atoms with Crippen LogP contribution in [0.15, 0.2) is 16.6 Å². The fourth-order valence-corrected chi connectivity index (χ4v) is 2.31. The Kier molecular flexibility index (Phi) is 3.22. The van der Waals surface area contributed by atoms with Crippen LogP contribution >= 0.6 is 0 Å². The van der Waals surface area contributed by atoms with Gasteiger partial charge in [-0.15, -0.1) is 0 Å². The first kappa shape index (κ1) is 11.5. The Morgan fingerprint density at radius 3 is 2.69 bits per heavy atom.